The molecule has 0 aromatic heterocycles. The fourth-order valence-electron chi connectivity index (χ4n) is 4.15. The van der Waals surface area contributed by atoms with Crippen LogP contribution in [0, 0.1) is 11.6 Å². The molecule has 0 N–H and O–H groups in total. The van der Waals surface area contributed by atoms with Crippen molar-refractivity contribution in [2.24, 2.45) is 20.5 Å². The van der Waals surface area contributed by atoms with Gasteiger partial charge < -0.3 is 19.1 Å². The van der Waals surface area contributed by atoms with Gasteiger partial charge in [-0.05, 0) is 110 Å². The quantitative estimate of drug-likeness (QED) is 0.143. The van der Waals surface area contributed by atoms with Crippen LogP contribution in [0.1, 0.15) is 27.7 Å². The molecule has 0 saturated carbocycles. The zero-order chi connectivity index (χ0) is 33.6. The smallest absolute Gasteiger partial charge is 0.399 e. The van der Waals surface area contributed by atoms with E-state index in [1.165, 1.54) is 12.1 Å². The first-order chi connectivity index (χ1) is 21.6. The molecule has 0 aliphatic carbocycles. The SMILES string of the molecule is CN(C)c1ccc(N=Nc2ccc(B3OC(C)(C)C(C)(C)O3)c(F)c2)cc1.CN(C)c1ccc(N=Nc2ccc(Br)c(F)c2)cc1. The minimum Gasteiger partial charge on any atom is -0.399 e. The zero-order valence-electron chi connectivity index (χ0n) is 27.3. The van der Waals surface area contributed by atoms with E-state index < -0.39 is 24.1 Å². The summed E-state index contributed by atoms with van der Waals surface area (Å²) >= 11 is 3.09. The molecule has 8 nitrogen and oxygen atoms in total. The maximum absolute atomic E-state index is 14.6. The Morgan fingerprint density at radius 3 is 1.33 bits per heavy atom. The molecule has 1 heterocycles. The van der Waals surface area contributed by atoms with Crippen LogP contribution < -0.4 is 15.3 Å². The van der Waals surface area contributed by atoms with Crippen LogP contribution in [0.4, 0.5) is 42.9 Å². The molecule has 1 aliphatic heterocycles. The van der Waals surface area contributed by atoms with E-state index in [0.29, 0.717) is 27.0 Å². The summed E-state index contributed by atoms with van der Waals surface area (Å²) in [5, 5.41) is 16.4. The molecule has 0 radical (unpaired) electrons. The second kappa shape index (κ2) is 14.6. The van der Waals surface area contributed by atoms with Crippen molar-refractivity contribution in [3.8, 4) is 0 Å². The van der Waals surface area contributed by atoms with Gasteiger partial charge in [-0.1, -0.05) is 6.07 Å². The van der Waals surface area contributed by atoms with Crippen LogP contribution in [-0.2, 0) is 9.31 Å². The maximum atomic E-state index is 14.6. The van der Waals surface area contributed by atoms with Gasteiger partial charge in [-0.2, -0.15) is 20.5 Å². The molecule has 240 valence electrons. The summed E-state index contributed by atoms with van der Waals surface area (Å²) in [5.74, 6) is -0.771. The van der Waals surface area contributed by atoms with E-state index >= 15 is 0 Å². The van der Waals surface area contributed by atoms with Gasteiger partial charge in [0.25, 0.3) is 0 Å². The van der Waals surface area contributed by atoms with Crippen LogP contribution in [0.5, 0.6) is 0 Å². The van der Waals surface area contributed by atoms with Gasteiger partial charge >= 0.3 is 7.12 Å². The van der Waals surface area contributed by atoms with E-state index in [0.717, 1.165) is 17.1 Å². The van der Waals surface area contributed by atoms with Gasteiger partial charge in [-0.15, -0.1) is 0 Å². The monoisotopic (exact) mass is 690 g/mol. The fraction of sp³-hybridized carbons (Fsp3) is 0.294. The van der Waals surface area contributed by atoms with Crippen molar-refractivity contribution in [3.63, 3.8) is 0 Å². The largest absolute Gasteiger partial charge is 0.497 e. The second-order valence-electron chi connectivity index (χ2n) is 12.1. The number of anilines is 2. The van der Waals surface area contributed by atoms with Crippen LogP contribution in [0.3, 0.4) is 0 Å². The van der Waals surface area contributed by atoms with Crippen LogP contribution in [0.15, 0.2) is 110 Å². The maximum Gasteiger partial charge on any atom is 0.497 e. The van der Waals surface area contributed by atoms with Gasteiger partial charge in [0.2, 0.25) is 0 Å². The summed E-state index contributed by atoms with van der Waals surface area (Å²) in [7, 11) is 7.16. The number of rotatable bonds is 7. The Morgan fingerprint density at radius 2 is 0.935 bits per heavy atom. The third-order valence-corrected chi connectivity index (χ3v) is 8.33. The fourth-order valence-corrected chi connectivity index (χ4v) is 4.40. The van der Waals surface area contributed by atoms with Gasteiger partial charge in [0.1, 0.15) is 11.6 Å². The first kappa shape index (κ1) is 34.9. The van der Waals surface area contributed by atoms with Gasteiger partial charge in [-0.3, -0.25) is 0 Å². The molecule has 0 bridgehead atoms. The molecule has 1 aliphatic rings. The minimum atomic E-state index is -0.737. The van der Waals surface area contributed by atoms with E-state index in [9.17, 15) is 8.78 Å². The van der Waals surface area contributed by atoms with Crippen molar-refractivity contribution >= 4 is 62.6 Å². The van der Waals surface area contributed by atoms with Crippen LogP contribution in [0.25, 0.3) is 0 Å². The van der Waals surface area contributed by atoms with Crippen molar-refractivity contribution in [2.75, 3.05) is 38.0 Å². The molecule has 12 heteroatoms. The summed E-state index contributed by atoms with van der Waals surface area (Å²) in [6.45, 7) is 7.76. The Kier molecular flexibility index (Phi) is 11.1. The molecule has 0 spiro atoms. The molecule has 46 heavy (non-hydrogen) atoms. The number of azo groups is 2. The number of benzene rings is 4. The lowest BCUT2D eigenvalue weighted by molar-refractivity contribution is 0.00578. The standard InChI is InChI=1S/C20H25BFN3O2.C14H13BrFN3/c1-19(2)20(3,4)27-21(26-19)17-12-9-15(13-18(17)22)24-23-14-7-10-16(11-8-14)25(5)6;1-19(2)12-6-3-10(4-7-12)17-18-11-5-8-13(15)14(16)9-11/h7-13H,1-6H3;3-9H,1-2H3. The van der Waals surface area contributed by atoms with Crippen molar-refractivity contribution in [2.45, 2.75) is 38.9 Å². The topological polar surface area (TPSA) is 74.4 Å². The van der Waals surface area contributed by atoms with Gasteiger partial charge in [-0.25, -0.2) is 8.78 Å². The highest BCUT2D eigenvalue weighted by atomic mass is 79.9. The van der Waals surface area contributed by atoms with E-state index in [1.807, 2.05) is 114 Å². The zero-order valence-corrected chi connectivity index (χ0v) is 28.9. The Hall–Kier alpha value is -4.00. The Bertz CT molecular complexity index is 1680. The van der Waals surface area contributed by atoms with E-state index in [4.69, 9.17) is 9.31 Å². The average molecular weight is 691 g/mol. The number of hydrogen-bond donors (Lipinski definition) is 0. The van der Waals surface area contributed by atoms with Gasteiger partial charge in [0.05, 0.1) is 38.4 Å². The number of halogens is 3. The average Bonchev–Trinajstić information content (AvgIpc) is 3.23. The van der Waals surface area contributed by atoms with Crippen LogP contribution in [0.2, 0.25) is 0 Å². The molecule has 0 atom stereocenters. The molecule has 4 aromatic rings. The van der Waals surface area contributed by atoms with Crippen LogP contribution in [-0.4, -0.2) is 46.5 Å². The highest BCUT2D eigenvalue weighted by molar-refractivity contribution is 9.10. The lowest BCUT2D eigenvalue weighted by atomic mass is 9.78. The summed E-state index contributed by atoms with van der Waals surface area (Å²) in [6, 6.07) is 24.6. The van der Waals surface area contributed by atoms with Crippen LogP contribution >= 0.6 is 15.9 Å². The molecule has 0 amide bonds. The van der Waals surface area contributed by atoms with Crippen molar-refractivity contribution in [1.82, 2.24) is 0 Å². The summed E-state index contributed by atoms with van der Waals surface area (Å²) < 4.78 is 40.1. The molecule has 5 rings (SSSR count). The summed E-state index contributed by atoms with van der Waals surface area (Å²) in [6.07, 6.45) is 0. The van der Waals surface area contributed by atoms with Gasteiger partial charge in [0, 0.05) is 57.2 Å². The second-order valence-corrected chi connectivity index (χ2v) is 13.0. The normalized spacial score (nSPS) is 15.2. The lowest BCUT2D eigenvalue weighted by Gasteiger charge is -2.32. The third kappa shape index (κ3) is 8.83. The lowest BCUT2D eigenvalue weighted by Crippen LogP contribution is -2.41. The van der Waals surface area contributed by atoms with E-state index in [-0.39, 0.29) is 5.82 Å². The van der Waals surface area contributed by atoms with Crippen molar-refractivity contribution < 1.29 is 18.1 Å². The highest BCUT2D eigenvalue weighted by Gasteiger charge is 2.52. The highest BCUT2D eigenvalue weighted by Crippen LogP contribution is 2.37. The first-order valence-electron chi connectivity index (χ1n) is 14.6. The molecular formula is C34H38BBrF2N6O2. The Labute approximate surface area is 278 Å². The Morgan fingerprint density at radius 1 is 0.565 bits per heavy atom. The minimum absolute atomic E-state index is 0.348. The van der Waals surface area contributed by atoms with Gasteiger partial charge in [0.15, 0.2) is 0 Å². The van der Waals surface area contributed by atoms with Crippen molar-refractivity contribution in [3.05, 3.63) is 101 Å². The van der Waals surface area contributed by atoms with E-state index in [1.54, 1.807) is 24.3 Å². The summed E-state index contributed by atoms with van der Waals surface area (Å²) in [4.78, 5) is 4.01. The van der Waals surface area contributed by atoms with Crippen molar-refractivity contribution in [1.29, 1.82) is 0 Å². The molecular weight excluding hydrogens is 653 g/mol. The Balaban J connectivity index is 0.000000222. The third-order valence-electron chi connectivity index (χ3n) is 7.69. The first-order valence-corrected chi connectivity index (χ1v) is 15.4. The molecule has 4 aromatic carbocycles. The molecule has 0 unspecified atom stereocenters. The number of nitrogens with zero attached hydrogens (tertiary/aromatic N) is 6. The predicted molar refractivity (Wildman–Crippen MR) is 186 cm³/mol. The summed E-state index contributed by atoms with van der Waals surface area (Å²) in [5.41, 5.74) is 3.86. The number of hydrogen-bond acceptors (Lipinski definition) is 8. The van der Waals surface area contributed by atoms with E-state index in [2.05, 4.69) is 36.4 Å². The predicted octanol–water partition coefficient (Wildman–Crippen LogP) is 9.68. The molecule has 1 fully saturated rings. The molecule has 1 saturated heterocycles.